The van der Waals surface area contributed by atoms with Crippen molar-refractivity contribution in [1.82, 2.24) is 0 Å². The van der Waals surface area contributed by atoms with E-state index in [1.54, 1.807) is 0 Å². The van der Waals surface area contributed by atoms with Crippen molar-refractivity contribution in [3.63, 3.8) is 0 Å². The third kappa shape index (κ3) is 5.49. The second kappa shape index (κ2) is 9.43. The van der Waals surface area contributed by atoms with Crippen LogP contribution in [-0.2, 0) is 11.8 Å². The Bertz CT molecular complexity index is 748. The van der Waals surface area contributed by atoms with Crippen LogP contribution in [0.1, 0.15) is 99.6 Å². The molecule has 0 N–H and O–H groups in total. The average Bonchev–Trinajstić information content (AvgIpc) is 3.07. The molecule has 2 aromatic rings. The number of unbranched alkanes of at least 4 members (excludes halogenated alkanes) is 2. The summed E-state index contributed by atoms with van der Waals surface area (Å²) in [5.41, 5.74) is 3.98. The lowest BCUT2D eigenvalue weighted by Gasteiger charge is -2.20. The molecule has 0 spiro atoms. The summed E-state index contributed by atoms with van der Waals surface area (Å²) in [5, 5.41) is 0. The zero-order chi connectivity index (χ0) is 19.2. The highest BCUT2D eigenvalue weighted by Gasteiger charge is 2.23. The maximum atomic E-state index is 3.46. The van der Waals surface area contributed by atoms with E-state index < -0.39 is 0 Å². The first kappa shape index (κ1) is 20.8. The predicted molar refractivity (Wildman–Crippen MR) is 117 cm³/mol. The molecule has 0 fully saturated rings. The van der Waals surface area contributed by atoms with E-state index in [-0.39, 0.29) is 5.41 Å². The summed E-state index contributed by atoms with van der Waals surface area (Å²) in [6.45, 7) is 13.7. The second-order valence-corrected chi connectivity index (χ2v) is 9.27. The van der Waals surface area contributed by atoms with Gasteiger partial charge in [-0.15, -0.1) is 11.3 Å². The number of thiophene rings is 1. The maximum Gasteiger partial charge on any atom is 0.0393 e. The van der Waals surface area contributed by atoms with Crippen LogP contribution in [0.3, 0.4) is 0 Å². The van der Waals surface area contributed by atoms with Gasteiger partial charge in [0.15, 0.2) is 0 Å². The molecule has 0 aliphatic heterocycles. The Balaban J connectivity index is 2.20. The van der Waals surface area contributed by atoms with Crippen molar-refractivity contribution in [3.8, 4) is 11.8 Å². The Hall–Kier alpha value is -1.52. The van der Waals surface area contributed by atoms with Gasteiger partial charge in [-0.3, -0.25) is 0 Å². The first-order valence-electron chi connectivity index (χ1n) is 10.1. The molecule has 0 unspecified atom stereocenters. The van der Waals surface area contributed by atoms with Crippen molar-refractivity contribution in [3.05, 3.63) is 56.8 Å². The quantitative estimate of drug-likeness (QED) is 0.348. The van der Waals surface area contributed by atoms with E-state index in [1.807, 2.05) is 11.3 Å². The highest BCUT2D eigenvalue weighted by Crippen LogP contribution is 2.37. The molecule has 26 heavy (non-hydrogen) atoms. The first-order valence-corrected chi connectivity index (χ1v) is 10.9. The van der Waals surface area contributed by atoms with Gasteiger partial charge in [0.2, 0.25) is 0 Å². The van der Waals surface area contributed by atoms with E-state index >= 15 is 0 Å². The molecule has 1 heteroatoms. The fraction of sp³-hybridized carbons (Fsp3) is 0.520. The summed E-state index contributed by atoms with van der Waals surface area (Å²) < 4.78 is 0. The molecule has 0 saturated carbocycles. The van der Waals surface area contributed by atoms with Crippen molar-refractivity contribution in [2.45, 2.75) is 85.0 Å². The summed E-state index contributed by atoms with van der Waals surface area (Å²) in [6, 6.07) is 11.2. The molecule has 1 aromatic carbocycles. The largest absolute Gasteiger partial charge is 0.143 e. The van der Waals surface area contributed by atoms with E-state index in [1.165, 1.54) is 46.6 Å². The van der Waals surface area contributed by atoms with E-state index in [0.29, 0.717) is 5.92 Å². The van der Waals surface area contributed by atoms with Crippen LogP contribution < -0.4 is 0 Å². The molecule has 0 radical (unpaired) electrons. The summed E-state index contributed by atoms with van der Waals surface area (Å²) >= 11 is 1.95. The second-order valence-electron chi connectivity index (χ2n) is 8.18. The standard InChI is InChI=1S/C25H34S/c1-7-9-10-11-20-12-14-21(15-13-20)16-17-22-18-23(25(5,6)8-2)26-24(22)19(3)4/h12-15,18-19H,7-11H2,1-6H3. The molecule has 0 saturated heterocycles. The smallest absolute Gasteiger partial charge is 0.0393 e. The average molecular weight is 367 g/mol. The van der Waals surface area contributed by atoms with Crippen LogP contribution in [0.15, 0.2) is 30.3 Å². The van der Waals surface area contributed by atoms with Gasteiger partial charge in [-0.2, -0.15) is 0 Å². The molecule has 0 amide bonds. The molecular formula is C25H34S. The molecule has 0 bridgehead atoms. The Kier molecular flexibility index (Phi) is 7.54. The van der Waals surface area contributed by atoms with Gasteiger partial charge in [0, 0.05) is 20.9 Å². The van der Waals surface area contributed by atoms with Crippen LogP contribution in [-0.4, -0.2) is 0 Å². The van der Waals surface area contributed by atoms with Crippen molar-refractivity contribution >= 4 is 11.3 Å². The molecule has 0 atom stereocenters. The van der Waals surface area contributed by atoms with Gasteiger partial charge in [0.05, 0.1) is 0 Å². The molecule has 0 aliphatic rings. The SMILES string of the molecule is CCCCCc1ccc(C#Cc2cc(C(C)(C)CC)sc2C(C)C)cc1. The van der Waals surface area contributed by atoms with Crippen molar-refractivity contribution in [2.75, 3.05) is 0 Å². The maximum absolute atomic E-state index is 3.46. The lowest BCUT2D eigenvalue weighted by Crippen LogP contribution is -2.12. The highest BCUT2D eigenvalue weighted by atomic mass is 32.1. The lowest BCUT2D eigenvalue weighted by atomic mass is 9.88. The van der Waals surface area contributed by atoms with Crippen molar-refractivity contribution < 1.29 is 0 Å². The van der Waals surface area contributed by atoms with Crippen molar-refractivity contribution in [2.24, 2.45) is 0 Å². The van der Waals surface area contributed by atoms with E-state index in [2.05, 4.69) is 83.7 Å². The topological polar surface area (TPSA) is 0 Å². The zero-order valence-corrected chi connectivity index (χ0v) is 18.2. The Morgan fingerprint density at radius 1 is 1.00 bits per heavy atom. The monoisotopic (exact) mass is 366 g/mol. The number of rotatable bonds is 7. The third-order valence-corrected chi connectivity index (χ3v) is 7.00. The molecular weight excluding hydrogens is 332 g/mol. The van der Waals surface area contributed by atoms with E-state index in [4.69, 9.17) is 0 Å². The van der Waals surface area contributed by atoms with Gasteiger partial charge in [-0.1, -0.05) is 78.4 Å². The van der Waals surface area contributed by atoms with Gasteiger partial charge < -0.3 is 0 Å². The highest BCUT2D eigenvalue weighted by molar-refractivity contribution is 7.12. The molecule has 0 nitrogen and oxygen atoms in total. The number of benzene rings is 1. The molecule has 140 valence electrons. The molecule has 1 heterocycles. The van der Waals surface area contributed by atoms with Gasteiger partial charge in [0.1, 0.15) is 0 Å². The lowest BCUT2D eigenvalue weighted by molar-refractivity contribution is 0.517. The number of hydrogen-bond donors (Lipinski definition) is 0. The third-order valence-electron chi connectivity index (χ3n) is 5.20. The van der Waals surface area contributed by atoms with Crippen molar-refractivity contribution in [1.29, 1.82) is 0 Å². The summed E-state index contributed by atoms with van der Waals surface area (Å²) in [6.07, 6.45) is 6.20. The van der Waals surface area contributed by atoms with Crippen LogP contribution in [0.2, 0.25) is 0 Å². The fourth-order valence-electron chi connectivity index (χ4n) is 2.91. The van der Waals surface area contributed by atoms with Crippen LogP contribution in [0.25, 0.3) is 0 Å². The Morgan fingerprint density at radius 3 is 2.27 bits per heavy atom. The van der Waals surface area contributed by atoms with E-state index in [0.717, 1.165) is 12.0 Å². The minimum absolute atomic E-state index is 0.231. The Labute approximate surface area is 165 Å². The van der Waals surface area contributed by atoms with Crippen LogP contribution in [0, 0.1) is 11.8 Å². The number of aryl methyl sites for hydroxylation is 1. The van der Waals surface area contributed by atoms with Gasteiger partial charge in [-0.05, 0) is 54.4 Å². The summed E-state index contributed by atoms with van der Waals surface area (Å²) in [5.74, 6) is 7.37. The van der Waals surface area contributed by atoms with Gasteiger partial charge >= 0.3 is 0 Å². The van der Waals surface area contributed by atoms with Crippen LogP contribution in [0.4, 0.5) is 0 Å². The van der Waals surface area contributed by atoms with Crippen LogP contribution >= 0.6 is 11.3 Å². The normalized spacial score (nSPS) is 11.5. The fourth-order valence-corrected chi connectivity index (χ4v) is 4.20. The zero-order valence-electron chi connectivity index (χ0n) is 17.4. The predicted octanol–water partition coefficient (Wildman–Crippen LogP) is 7.69. The van der Waals surface area contributed by atoms with Gasteiger partial charge in [-0.25, -0.2) is 0 Å². The minimum atomic E-state index is 0.231. The Morgan fingerprint density at radius 2 is 1.69 bits per heavy atom. The summed E-state index contributed by atoms with van der Waals surface area (Å²) in [7, 11) is 0. The molecule has 0 aliphatic carbocycles. The first-order chi connectivity index (χ1) is 12.4. The van der Waals surface area contributed by atoms with E-state index in [9.17, 15) is 0 Å². The van der Waals surface area contributed by atoms with Gasteiger partial charge in [0.25, 0.3) is 0 Å². The number of hydrogen-bond acceptors (Lipinski definition) is 1. The molecule has 2 rings (SSSR count). The molecule has 1 aromatic heterocycles. The summed E-state index contributed by atoms with van der Waals surface area (Å²) in [4.78, 5) is 2.88. The minimum Gasteiger partial charge on any atom is -0.143 e. The van der Waals surface area contributed by atoms with Crippen LogP contribution in [0.5, 0.6) is 0 Å².